The molecule has 0 radical (unpaired) electrons. The lowest BCUT2D eigenvalue weighted by molar-refractivity contribution is 0.0938. The number of nitrogens with zero attached hydrogens (tertiary/aromatic N) is 7. The SMILES string of the molecule is CCN(CC)C(C)CNC(=O)c1cc(-c2cnn3ccc(-c4cccs4)nc23)nc(N2CC(NC(=O)N(C)C)C2)c1. The van der Waals surface area contributed by atoms with Gasteiger partial charge in [-0.2, -0.15) is 5.10 Å². The fourth-order valence-corrected chi connectivity index (χ4v) is 5.63. The molecule has 1 saturated heterocycles. The highest BCUT2D eigenvalue weighted by atomic mass is 32.1. The molecule has 5 rings (SSSR count). The summed E-state index contributed by atoms with van der Waals surface area (Å²) in [6.07, 6.45) is 3.63. The van der Waals surface area contributed by atoms with Gasteiger partial charge in [0.1, 0.15) is 5.82 Å². The smallest absolute Gasteiger partial charge is 0.317 e. The molecule has 0 bridgehead atoms. The fraction of sp³-hybridized carbons (Fsp3) is 0.414. The van der Waals surface area contributed by atoms with E-state index in [4.69, 9.17) is 9.97 Å². The molecular weight excluding hydrogens is 538 g/mol. The molecule has 0 aliphatic carbocycles. The fourth-order valence-electron chi connectivity index (χ4n) is 4.94. The first-order chi connectivity index (χ1) is 19.8. The summed E-state index contributed by atoms with van der Waals surface area (Å²) in [5, 5.41) is 12.6. The zero-order valence-corrected chi connectivity index (χ0v) is 25.0. The molecule has 3 amide bonds. The van der Waals surface area contributed by atoms with E-state index in [9.17, 15) is 9.59 Å². The Morgan fingerprint density at radius 2 is 1.90 bits per heavy atom. The molecule has 1 fully saturated rings. The highest BCUT2D eigenvalue weighted by Crippen LogP contribution is 2.30. The molecule has 1 atom stereocenters. The Hall–Kier alpha value is -4.03. The Bertz CT molecular complexity index is 1510. The van der Waals surface area contributed by atoms with E-state index in [0.717, 1.165) is 29.2 Å². The predicted octanol–water partition coefficient (Wildman–Crippen LogP) is 3.44. The van der Waals surface area contributed by atoms with Crippen molar-refractivity contribution in [1.29, 1.82) is 0 Å². The molecule has 2 N–H and O–H groups in total. The zero-order chi connectivity index (χ0) is 29.1. The van der Waals surface area contributed by atoms with Gasteiger partial charge >= 0.3 is 6.03 Å². The summed E-state index contributed by atoms with van der Waals surface area (Å²) in [7, 11) is 3.44. The van der Waals surface area contributed by atoms with Crippen molar-refractivity contribution in [2.24, 2.45) is 0 Å². The number of anilines is 1. The van der Waals surface area contributed by atoms with Crippen LogP contribution in [-0.4, -0.2) is 100 Å². The van der Waals surface area contributed by atoms with Crippen LogP contribution in [-0.2, 0) is 0 Å². The maximum Gasteiger partial charge on any atom is 0.317 e. The van der Waals surface area contributed by atoms with Gasteiger partial charge in [0.25, 0.3) is 5.91 Å². The Balaban J connectivity index is 1.46. The lowest BCUT2D eigenvalue weighted by atomic mass is 10.1. The van der Waals surface area contributed by atoms with Crippen LogP contribution in [0, 0.1) is 0 Å². The summed E-state index contributed by atoms with van der Waals surface area (Å²) in [4.78, 5) is 42.3. The number of aromatic nitrogens is 4. The van der Waals surface area contributed by atoms with E-state index in [1.54, 1.807) is 36.1 Å². The average molecular weight is 576 g/mol. The van der Waals surface area contributed by atoms with Crippen molar-refractivity contribution in [2.45, 2.75) is 32.9 Å². The molecule has 1 aliphatic heterocycles. The van der Waals surface area contributed by atoms with Gasteiger partial charge in [-0.3, -0.25) is 9.69 Å². The van der Waals surface area contributed by atoms with Crippen molar-refractivity contribution in [2.75, 3.05) is 51.7 Å². The number of hydrogen-bond acceptors (Lipinski definition) is 8. The number of amides is 3. The second-order valence-electron chi connectivity index (χ2n) is 10.4. The molecule has 4 aromatic rings. The number of urea groups is 1. The van der Waals surface area contributed by atoms with E-state index in [2.05, 4.69) is 46.3 Å². The molecule has 11 nitrogen and oxygen atoms in total. The summed E-state index contributed by atoms with van der Waals surface area (Å²) in [6.45, 7) is 9.96. The number of hydrogen-bond donors (Lipinski definition) is 2. The van der Waals surface area contributed by atoms with E-state index in [1.807, 2.05) is 41.9 Å². The van der Waals surface area contributed by atoms with E-state index in [-0.39, 0.29) is 24.0 Å². The van der Waals surface area contributed by atoms with Crippen LogP contribution < -0.4 is 15.5 Å². The topological polar surface area (TPSA) is 111 Å². The van der Waals surface area contributed by atoms with Gasteiger partial charge in [-0.05, 0) is 49.7 Å². The van der Waals surface area contributed by atoms with Crippen LogP contribution in [0.3, 0.4) is 0 Å². The van der Waals surface area contributed by atoms with Crippen molar-refractivity contribution in [3.63, 3.8) is 0 Å². The first kappa shape index (κ1) is 28.5. The Morgan fingerprint density at radius 1 is 1.12 bits per heavy atom. The van der Waals surface area contributed by atoms with Crippen LogP contribution in [0.25, 0.3) is 27.5 Å². The molecule has 0 spiro atoms. The van der Waals surface area contributed by atoms with Crippen LogP contribution >= 0.6 is 11.3 Å². The normalized spacial score (nSPS) is 14.2. The summed E-state index contributed by atoms with van der Waals surface area (Å²) in [5.41, 5.74) is 3.41. The predicted molar refractivity (Wildman–Crippen MR) is 162 cm³/mol. The van der Waals surface area contributed by atoms with Crippen LogP contribution in [0.15, 0.2) is 48.1 Å². The molecule has 1 aliphatic rings. The summed E-state index contributed by atoms with van der Waals surface area (Å²) >= 11 is 1.63. The van der Waals surface area contributed by atoms with Crippen LogP contribution in [0.2, 0.25) is 0 Å². The summed E-state index contributed by atoms with van der Waals surface area (Å²) in [5.74, 6) is 0.518. The monoisotopic (exact) mass is 575 g/mol. The van der Waals surface area contributed by atoms with E-state index >= 15 is 0 Å². The summed E-state index contributed by atoms with van der Waals surface area (Å²) < 4.78 is 1.72. The minimum Gasteiger partial charge on any atom is -0.352 e. The zero-order valence-electron chi connectivity index (χ0n) is 24.2. The number of likely N-dealkylation sites (N-methyl/N-ethyl adjacent to an activating group) is 1. The van der Waals surface area contributed by atoms with Crippen molar-refractivity contribution >= 4 is 34.7 Å². The largest absolute Gasteiger partial charge is 0.352 e. The van der Waals surface area contributed by atoms with E-state index in [1.165, 1.54) is 4.90 Å². The van der Waals surface area contributed by atoms with Gasteiger partial charge in [0.2, 0.25) is 0 Å². The van der Waals surface area contributed by atoms with Crippen LogP contribution in [0.4, 0.5) is 10.6 Å². The molecule has 4 aromatic heterocycles. The average Bonchev–Trinajstić information content (AvgIpc) is 3.64. The second-order valence-corrected chi connectivity index (χ2v) is 11.4. The molecule has 0 aromatic carbocycles. The number of rotatable bonds is 10. The van der Waals surface area contributed by atoms with Crippen molar-refractivity contribution in [3.8, 4) is 21.8 Å². The third-order valence-corrected chi connectivity index (χ3v) is 8.32. The Kier molecular flexibility index (Phi) is 8.50. The molecule has 216 valence electrons. The van der Waals surface area contributed by atoms with Gasteiger partial charge in [-0.25, -0.2) is 19.3 Å². The third-order valence-electron chi connectivity index (χ3n) is 7.43. The van der Waals surface area contributed by atoms with Crippen molar-refractivity contribution in [1.82, 2.24) is 40.0 Å². The van der Waals surface area contributed by atoms with Crippen molar-refractivity contribution in [3.05, 3.63) is 53.7 Å². The van der Waals surface area contributed by atoms with Gasteiger partial charge in [0.15, 0.2) is 5.65 Å². The van der Waals surface area contributed by atoms with Crippen LogP contribution in [0.1, 0.15) is 31.1 Å². The molecular formula is C29H37N9O2S. The third kappa shape index (κ3) is 6.18. The van der Waals surface area contributed by atoms with Gasteiger partial charge in [-0.15, -0.1) is 11.3 Å². The maximum absolute atomic E-state index is 13.4. The quantitative estimate of drug-likeness (QED) is 0.298. The Morgan fingerprint density at radius 3 is 2.59 bits per heavy atom. The van der Waals surface area contributed by atoms with Gasteiger partial charge in [-0.1, -0.05) is 19.9 Å². The van der Waals surface area contributed by atoms with Gasteiger partial charge in [0.05, 0.1) is 34.1 Å². The van der Waals surface area contributed by atoms with Crippen LogP contribution in [0.5, 0.6) is 0 Å². The molecule has 5 heterocycles. The first-order valence-corrected chi connectivity index (χ1v) is 14.8. The Labute approximate surface area is 244 Å². The number of pyridine rings is 1. The highest BCUT2D eigenvalue weighted by molar-refractivity contribution is 7.13. The number of thiophene rings is 1. The molecule has 0 saturated carbocycles. The molecule has 12 heteroatoms. The van der Waals surface area contributed by atoms with Crippen molar-refractivity contribution < 1.29 is 9.59 Å². The van der Waals surface area contributed by atoms with Gasteiger partial charge in [0, 0.05) is 51.5 Å². The lowest BCUT2D eigenvalue weighted by Crippen LogP contribution is -2.61. The summed E-state index contributed by atoms with van der Waals surface area (Å²) in [6, 6.07) is 9.70. The number of carbonyl (C=O) groups excluding carboxylic acids is 2. The first-order valence-electron chi connectivity index (χ1n) is 13.9. The number of nitrogens with one attached hydrogen (secondary N) is 2. The highest BCUT2D eigenvalue weighted by Gasteiger charge is 2.30. The molecule has 1 unspecified atom stereocenters. The molecule has 41 heavy (non-hydrogen) atoms. The van der Waals surface area contributed by atoms with Gasteiger partial charge < -0.3 is 20.4 Å². The van der Waals surface area contributed by atoms with E-state index in [0.29, 0.717) is 42.4 Å². The minimum atomic E-state index is -0.157. The lowest BCUT2D eigenvalue weighted by Gasteiger charge is -2.41. The number of fused-ring (bicyclic) bond motifs is 1. The van der Waals surface area contributed by atoms with E-state index < -0.39 is 0 Å². The standard InChI is InChI=1S/C29H37N9O2S/c1-6-36(7-2)19(3)15-30-28(39)20-13-24(33-26(14-20)37-17-21(18-37)32-29(40)35(4)5)22-16-31-38-11-10-23(34-27(22)38)25-9-8-12-41-25/h8-14,16,19,21H,6-7,15,17-18H2,1-5H3,(H,30,39)(H,32,40). The second kappa shape index (κ2) is 12.2. The maximum atomic E-state index is 13.4. The minimum absolute atomic E-state index is 0.00884. The number of carbonyl (C=O) groups is 2.